The largest absolute Gasteiger partial charge is 0.310 e. The van der Waals surface area contributed by atoms with Crippen LogP contribution < -0.4 is 5.32 Å². The summed E-state index contributed by atoms with van der Waals surface area (Å²) in [5.41, 5.74) is 1.49. The topological polar surface area (TPSA) is 12.0 Å². The lowest BCUT2D eigenvalue weighted by Gasteiger charge is -2.16. The molecule has 0 aliphatic carbocycles. The average molecular weight is 379 g/mol. The van der Waals surface area contributed by atoms with E-state index < -0.39 is 0 Å². The fourth-order valence-electron chi connectivity index (χ4n) is 2.27. The molecule has 3 heteroatoms. The Morgan fingerprint density at radius 2 is 1.89 bits per heavy atom. The zero-order chi connectivity index (χ0) is 13.2. The second-order valence-corrected chi connectivity index (χ2v) is 7.66. The molecule has 0 saturated heterocycles. The molecule has 1 unspecified atom stereocenters. The zero-order valence-corrected chi connectivity index (χ0v) is 14.6. The molecular formula is C15H26INS. The smallest absolute Gasteiger partial charge is 0.0656 e. The normalized spacial score (nSPS) is 12.8. The van der Waals surface area contributed by atoms with E-state index in [1.54, 1.807) is 0 Å². The Balaban J connectivity index is 2.26. The number of hydrogen-bond acceptors (Lipinski definition) is 2. The lowest BCUT2D eigenvalue weighted by molar-refractivity contribution is 0.478. The molecule has 1 aromatic heterocycles. The number of halogens is 1. The van der Waals surface area contributed by atoms with E-state index in [1.807, 2.05) is 11.3 Å². The van der Waals surface area contributed by atoms with Gasteiger partial charge in [-0.05, 0) is 52.6 Å². The molecule has 0 aliphatic heterocycles. The molecule has 18 heavy (non-hydrogen) atoms. The second-order valence-electron chi connectivity index (χ2n) is 4.85. The summed E-state index contributed by atoms with van der Waals surface area (Å²) >= 11 is 4.27. The maximum atomic E-state index is 3.62. The highest BCUT2D eigenvalue weighted by Crippen LogP contribution is 2.26. The van der Waals surface area contributed by atoms with Crippen molar-refractivity contribution in [3.8, 4) is 0 Å². The van der Waals surface area contributed by atoms with Crippen LogP contribution in [0.2, 0.25) is 0 Å². The van der Waals surface area contributed by atoms with Gasteiger partial charge in [0.2, 0.25) is 0 Å². The number of hydrogen-bond donors (Lipinski definition) is 1. The number of nitrogens with one attached hydrogen (secondary N) is 1. The van der Waals surface area contributed by atoms with Crippen molar-refractivity contribution in [1.82, 2.24) is 5.32 Å². The van der Waals surface area contributed by atoms with Gasteiger partial charge in [-0.25, -0.2) is 0 Å². The van der Waals surface area contributed by atoms with E-state index >= 15 is 0 Å². The van der Waals surface area contributed by atoms with Crippen molar-refractivity contribution < 1.29 is 0 Å². The van der Waals surface area contributed by atoms with Crippen molar-refractivity contribution >= 4 is 33.9 Å². The van der Waals surface area contributed by atoms with Crippen LogP contribution in [-0.2, 0) is 0 Å². The summed E-state index contributed by atoms with van der Waals surface area (Å²) in [7, 11) is 0. The van der Waals surface area contributed by atoms with Gasteiger partial charge in [-0.1, -0.05) is 52.4 Å². The maximum absolute atomic E-state index is 3.62. The standard InChI is InChI=1S/C15H26INS/c1-3-5-6-7-8-9-10-14(17-4-2)13-11-15(16)18-12-13/h11-12,14,17H,3-10H2,1-2H3. The molecule has 0 fully saturated rings. The number of rotatable bonds is 10. The van der Waals surface area contributed by atoms with Crippen molar-refractivity contribution in [2.45, 2.75) is 64.8 Å². The summed E-state index contributed by atoms with van der Waals surface area (Å²) in [5.74, 6) is 0. The summed E-state index contributed by atoms with van der Waals surface area (Å²) in [6.07, 6.45) is 9.60. The van der Waals surface area contributed by atoms with Crippen molar-refractivity contribution in [1.29, 1.82) is 0 Å². The molecule has 0 amide bonds. The van der Waals surface area contributed by atoms with E-state index in [-0.39, 0.29) is 0 Å². The van der Waals surface area contributed by atoms with Gasteiger partial charge in [-0.2, -0.15) is 0 Å². The lowest BCUT2D eigenvalue weighted by atomic mass is 10.0. The molecule has 0 radical (unpaired) electrons. The highest BCUT2D eigenvalue weighted by molar-refractivity contribution is 14.1. The van der Waals surface area contributed by atoms with Crippen molar-refractivity contribution in [3.63, 3.8) is 0 Å². The Hall–Kier alpha value is 0.390. The first-order chi connectivity index (χ1) is 8.77. The van der Waals surface area contributed by atoms with Crippen LogP contribution >= 0.6 is 33.9 Å². The van der Waals surface area contributed by atoms with Gasteiger partial charge in [0.1, 0.15) is 0 Å². The molecule has 1 heterocycles. The van der Waals surface area contributed by atoms with Crippen molar-refractivity contribution in [2.75, 3.05) is 6.54 Å². The fraction of sp³-hybridized carbons (Fsp3) is 0.733. The van der Waals surface area contributed by atoms with Gasteiger partial charge in [0, 0.05) is 6.04 Å². The Labute approximate surface area is 130 Å². The van der Waals surface area contributed by atoms with Gasteiger partial charge < -0.3 is 5.32 Å². The molecule has 0 aromatic carbocycles. The minimum absolute atomic E-state index is 0.570. The zero-order valence-electron chi connectivity index (χ0n) is 11.7. The Morgan fingerprint density at radius 3 is 2.50 bits per heavy atom. The number of thiophene rings is 1. The lowest BCUT2D eigenvalue weighted by Crippen LogP contribution is -2.20. The predicted octanol–water partition coefficient (Wildman–Crippen LogP) is 5.75. The van der Waals surface area contributed by atoms with E-state index in [0.717, 1.165) is 6.54 Å². The van der Waals surface area contributed by atoms with Crippen LogP contribution in [0.1, 0.15) is 70.4 Å². The molecular weight excluding hydrogens is 353 g/mol. The van der Waals surface area contributed by atoms with Crippen LogP contribution in [0.25, 0.3) is 0 Å². The molecule has 1 N–H and O–H groups in total. The molecule has 1 atom stereocenters. The predicted molar refractivity (Wildman–Crippen MR) is 91.4 cm³/mol. The minimum Gasteiger partial charge on any atom is -0.310 e. The second kappa shape index (κ2) is 10.2. The van der Waals surface area contributed by atoms with Gasteiger partial charge in [-0.3, -0.25) is 0 Å². The van der Waals surface area contributed by atoms with Crippen LogP contribution in [0.4, 0.5) is 0 Å². The quantitative estimate of drug-likeness (QED) is 0.403. The molecule has 0 aliphatic rings. The van der Waals surface area contributed by atoms with Gasteiger partial charge in [0.05, 0.1) is 2.88 Å². The third kappa shape index (κ3) is 6.53. The van der Waals surface area contributed by atoms with E-state index in [0.29, 0.717) is 6.04 Å². The Bertz CT molecular complexity index is 311. The van der Waals surface area contributed by atoms with Gasteiger partial charge >= 0.3 is 0 Å². The monoisotopic (exact) mass is 379 g/mol. The summed E-state index contributed by atoms with van der Waals surface area (Å²) < 4.78 is 1.40. The molecule has 1 rings (SSSR count). The minimum atomic E-state index is 0.570. The maximum Gasteiger partial charge on any atom is 0.0656 e. The summed E-state index contributed by atoms with van der Waals surface area (Å²) in [4.78, 5) is 0. The molecule has 0 bridgehead atoms. The first-order valence-electron chi connectivity index (χ1n) is 7.25. The highest BCUT2D eigenvalue weighted by Gasteiger charge is 2.11. The van der Waals surface area contributed by atoms with Crippen molar-refractivity contribution in [3.05, 3.63) is 19.9 Å². The first-order valence-corrected chi connectivity index (χ1v) is 9.21. The third-order valence-electron chi connectivity index (χ3n) is 3.29. The van der Waals surface area contributed by atoms with Gasteiger partial charge in [-0.15, -0.1) is 11.3 Å². The average Bonchev–Trinajstić information content (AvgIpc) is 2.79. The van der Waals surface area contributed by atoms with Gasteiger partial charge in [0.25, 0.3) is 0 Å². The molecule has 0 saturated carbocycles. The van der Waals surface area contributed by atoms with E-state index in [4.69, 9.17) is 0 Å². The van der Waals surface area contributed by atoms with Crippen LogP contribution in [0.5, 0.6) is 0 Å². The summed E-state index contributed by atoms with van der Waals surface area (Å²) in [5, 5.41) is 5.93. The van der Waals surface area contributed by atoms with E-state index in [1.165, 1.54) is 53.4 Å². The van der Waals surface area contributed by atoms with Crippen LogP contribution in [-0.4, -0.2) is 6.54 Å². The van der Waals surface area contributed by atoms with E-state index in [9.17, 15) is 0 Å². The molecule has 1 nitrogen and oxygen atoms in total. The molecule has 0 spiro atoms. The van der Waals surface area contributed by atoms with Crippen LogP contribution in [0.15, 0.2) is 11.4 Å². The SMILES string of the molecule is CCCCCCCCC(NCC)c1csc(I)c1. The van der Waals surface area contributed by atoms with Crippen LogP contribution in [0.3, 0.4) is 0 Å². The van der Waals surface area contributed by atoms with Crippen LogP contribution in [0, 0.1) is 2.88 Å². The fourth-order valence-corrected chi connectivity index (χ4v) is 3.69. The van der Waals surface area contributed by atoms with E-state index in [2.05, 4.69) is 53.2 Å². The Morgan fingerprint density at radius 1 is 1.17 bits per heavy atom. The number of unbranched alkanes of at least 4 members (excludes halogenated alkanes) is 5. The highest BCUT2D eigenvalue weighted by atomic mass is 127. The van der Waals surface area contributed by atoms with Crippen molar-refractivity contribution in [2.24, 2.45) is 0 Å². The Kier molecular flexibility index (Phi) is 9.33. The summed E-state index contributed by atoms with van der Waals surface area (Å²) in [6, 6.07) is 2.90. The molecule has 1 aromatic rings. The first kappa shape index (κ1) is 16.4. The summed E-state index contributed by atoms with van der Waals surface area (Å²) in [6.45, 7) is 5.54. The van der Waals surface area contributed by atoms with Gasteiger partial charge in [0.15, 0.2) is 0 Å². The third-order valence-corrected chi connectivity index (χ3v) is 5.09. The molecule has 104 valence electrons.